The smallest absolute Gasteiger partial charge is 0.423 e. The molecule has 0 amide bonds. The summed E-state index contributed by atoms with van der Waals surface area (Å²) in [5, 5.41) is 18.4. The second kappa shape index (κ2) is 4.91. The largest absolute Gasteiger partial charge is 0.490 e. The van der Waals surface area contributed by atoms with Crippen LogP contribution < -0.4 is 5.46 Å². The van der Waals surface area contributed by atoms with Crippen LogP contribution in [0.15, 0.2) is 29.8 Å². The molecule has 0 unspecified atom stereocenters. The monoisotopic (exact) mass is 203 g/mol. The fraction of sp³-hybridized carbons (Fsp3) is 0.182. The Morgan fingerprint density at radius 1 is 1.33 bits per heavy atom. The summed E-state index contributed by atoms with van der Waals surface area (Å²) >= 11 is 0. The minimum atomic E-state index is -1.50. The summed E-state index contributed by atoms with van der Waals surface area (Å²) in [6.45, 7) is 7.38. The van der Waals surface area contributed by atoms with E-state index in [4.69, 9.17) is 0 Å². The van der Waals surface area contributed by atoms with E-state index < -0.39 is 7.12 Å². The minimum Gasteiger partial charge on any atom is -0.423 e. The van der Waals surface area contributed by atoms with Crippen molar-refractivity contribution in [3.05, 3.63) is 35.9 Å². The molecule has 0 spiro atoms. The average Bonchev–Trinajstić information content (AvgIpc) is 2.19. The van der Waals surface area contributed by atoms with Gasteiger partial charge in [0.15, 0.2) is 0 Å². The maximum absolute atomic E-state index is 9.18. The molecule has 0 atom stereocenters. The fourth-order valence-electron chi connectivity index (χ4n) is 1.33. The van der Waals surface area contributed by atoms with Gasteiger partial charge in [-0.05, 0) is 25.0 Å². The number of nitrogens with zero attached hydrogens (tertiary/aromatic N) is 1. The van der Waals surface area contributed by atoms with E-state index in [0.717, 1.165) is 11.1 Å². The van der Waals surface area contributed by atoms with Crippen molar-refractivity contribution in [1.29, 1.82) is 0 Å². The second-order valence-corrected chi connectivity index (χ2v) is 3.33. The van der Waals surface area contributed by atoms with Gasteiger partial charge in [0.2, 0.25) is 0 Å². The highest BCUT2D eigenvalue weighted by molar-refractivity contribution is 6.60. The Bertz CT molecular complexity index is 400. The third kappa shape index (κ3) is 2.55. The lowest BCUT2D eigenvalue weighted by molar-refractivity contribution is 0.426. The summed E-state index contributed by atoms with van der Waals surface area (Å²) in [5.41, 5.74) is 3.02. The topological polar surface area (TPSA) is 52.8 Å². The lowest BCUT2D eigenvalue weighted by Crippen LogP contribution is -2.30. The van der Waals surface area contributed by atoms with Gasteiger partial charge in [-0.1, -0.05) is 24.8 Å². The van der Waals surface area contributed by atoms with Crippen molar-refractivity contribution in [3.63, 3.8) is 0 Å². The molecule has 15 heavy (non-hydrogen) atoms. The zero-order valence-corrected chi connectivity index (χ0v) is 8.94. The van der Waals surface area contributed by atoms with E-state index in [0.29, 0.717) is 11.2 Å². The molecular weight excluding hydrogens is 189 g/mol. The third-order valence-electron chi connectivity index (χ3n) is 2.32. The van der Waals surface area contributed by atoms with Crippen molar-refractivity contribution in [1.82, 2.24) is 0 Å². The molecule has 0 heterocycles. The van der Waals surface area contributed by atoms with Gasteiger partial charge in [-0.3, -0.25) is 4.99 Å². The highest BCUT2D eigenvalue weighted by atomic mass is 16.4. The van der Waals surface area contributed by atoms with Crippen molar-refractivity contribution < 1.29 is 10.0 Å². The number of rotatable bonds is 3. The van der Waals surface area contributed by atoms with Crippen LogP contribution in [0.1, 0.15) is 11.1 Å². The van der Waals surface area contributed by atoms with Crippen LogP contribution in [-0.4, -0.2) is 23.4 Å². The Labute approximate surface area is 89.9 Å². The summed E-state index contributed by atoms with van der Waals surface area (Å²) in [5.74, 6) is 0. The van der Waals surface area contributed by atoms with E-state index >= 15 is 0 Å². The van der Waals surface area contributed by atoms with Gasteiger partial charge in [0.25, 0.3) is 0 Å². The van der Waals surface area contributed by atoms with Crippen LogP contribution in [0.2, 0.25) is 0 Å². The summed E-state index contributed by atoms with van der Waals surface area (Å²) in [4.78, 5) is 4.14. The van der Waals surface area contributed by atoms with E-state index in [9.17, 15) is 10.0 Å². The van der Waals surface area contributed by atoms with Gasteiger partial charge in [-0.2, -0.15) is 0 Å². The Morgan fingerprint density at radius 3 is 2.53 bits per heavy atom. The number of hydrogen-bond donors (Lipinski definition) is 2. The molecule has 0 aliphatic carbocycles. The van der Waals surface area contributed by atoms with Crippen molar-refractivity contribution in [2.45, 2.75) is 13.8 Å². The minimum absolute atomic E-state index is 0.413. The molecule has 0 fully saturated rings. The first-order chi connectivity index (χ1) is 7.07. The Morgan fingerprint density at radius 2 is 2.00 bits per heavy atom. The molecular formula is C11H14BNO2. The lowest BCUT2D eigenvalue weighted by Gasteiger charge is -2.09. The lowest BCUT2D eigenvalue weighted by atomic mass is 9.77. The van der Waals surface area contributed by atoms with Crippen LogP contribution in [0, 0.1) is 13.8 Å². The molecule has 1 aromatic rings. The molecule has 0 saturated heterocycles. The Kier molecular flexibility index (Phi) is 3.83. The second-order valence-electron chi connectivity index (χ2n) is 3.33. The van der Waals surface area contributed by atoms with Gasteiger partial charge < -0.3 is 10.0 Å². The quantitative estimate of drug-likeness (QED) is 0.565. The number of aliphatic imine (C=N–C) groups is 1. The van der Waals surface area contributed by atoms with Crippen LogP contribution in [0.4, 0.5) is 5.69 Å². The molecule has 0 radical (unpaired) electrons. The highest BCUT2D eigenvalue weighted by Gasteiger charge is 2.17. The number of aryl methyl sites for hydroxylation is 1. The molecule has 0 saturated carbocycles. The van der Waals surface area contributed by atoms with E-state index in [-0.39, 0.29) is 0 Å². The zero-order chi connectivity index (χ0) is 11.4. The van der Waals surface area contributed by atoms with Crippen LogP contribution in [0.3, 0.4) is 0 Å². The summed E-state index contributed by atoms with van der Waals surface area (Å²) in [6, 6.07) is 3.51. The van der Waals surface area contributed by atoms with Gasteiger partial charge in [-0.15, -0.1) is 0 Å². The van der Waals surface area contributed by atoms with Gasteiger partial charge in [0.1, 0.15) is 0 Å². The van der Waals surface area contributed by atoms with Gasteiger partial charge in [-0.25, -0.2) is 0 Å². The average molecular weight is 203 g/mol. The first-order valence-corrected chi connectivity index (χ1v) is 4.69. The van der Waals surface area contributed by atoms with Gasteiger partial charge >= 0.3 is 7.12 Å². The number of allylic oxidation sites excluding steroid dienone is 1. The highest BCUT2D eigenvalue weighted by Crippen LogP contribution is 2.19. The Hall–Kier alpha value is -1.39. The van der Waals surface area contributed by atoms with Crippen molar-refractivity contribution in [2.75, 3.05) is 0 Å². The molecule has 3 nitrogen and oxygen atoms in total. The fourth-order valence-corrected chi connectivity index (χ4v) is 1.33. The molecule has 78 valence electrons. The number of hydrogen-bond acceptors (Lipinski definition) is 3. The standard InChI is InChI=1S/C11H14BNO2/c1-4-7-13-11-9(3)8(2)5-6-10(11)12(14)15/h4-7,14-15H,1H2,2-3H3. The molecule has 1 rings (SSSR count). The van der Waals surface area contributed by atoms with E-state index in [2.05, 4.69) is 11.6 Å². The molecule has 0 aromatic heterocycles. The van der Waals surface area contributed by atoms with Crippen LogP contribution >= 0.6 is 0 Å². The van der Waals surface area contributed by atoms with E-state index in [1.165, 1.54) is 6.21 Å². The van der Waals surface area contributed by atoms with E-state index in [1.54, 1.807) is 12.1 Å². The molecule has 0 aliphatic rings. The molecule has 0 aliphatic heterocycles. The first-order valence-electron chi connectivity index (χ1n) is 4.69. The molecule has 2 N–H and O–H groups in total. The maximum Gasteiger partial charge on any atom is 0.490 e. The normalized spacial score (nSPS) is 10.7. The molecule has 1 aromatic carbocycles. The van der Waals surface area contributed by atoms with E-state index in [1.807, 2.05) is 19.9 Å². The van der Waals surface area contributed by atoms with Crippen LogP contribution in [0.25, 0.3) is 0 Å². The predicted octanol–water partition coefficient (Wildman–Crippen LogP) is 0.872. The Balaban J connectivity index is 3.34. The van der Waals surface area contributed by atoms with Crippen molar-refractivity contribution in [3.8, 4) is 0 Å². The predicted molar refractivity (Wildman–Crippen MR) is 64.1 cm³/mol. The summed E-state index contributed by atoms with van der Waals surface area (Å²) < 4.78 is 0. The maximum atomic E-state index is 9.18. The zero-order valence-electron chi connectivity index (χ0n) is 8.94. The van der Waals surface area contributed by atoms with Crippen molar-refractivity contribution in [2.24, 2.45) is 4.99 Å². The van der Waals surface area contributed by atoms with Crippen LogP contribution in [-0.2, 0) is 0 Å². The first kappa shape index (κ1) is 11.7. The van der Waals surface area contributed by atoms with Crippen molar-refractivity contribution >= 4 is 24.5 Å². The SMILES string of the molecule is C=CC=Nc1c(B(O)O)ccc(C)c1C. The molecule has 4 heteroatoms. The molecule has 0 bridgehead atoms. The van der Waals surface area contributed by atoms with Crippen LogP contribution in [0.5, 0.6) is 0 Å². The third-order valence-corrected chi connectivity index (χ3v) is 2.32. The summed E-state index contributed by atoms with van der Waals surface area (Å²) in [6.07, 6.45) is 3.09. The van der Waals surface area contributed by atoms with Gasteiger partial charge in [0, 0.05) is 11.7 Å². The van der Waals surface area contributed by atoms with Gasteiger partial charge in [0.05, 0.1) is 5.69 Å². The summed E-state index contributed by atoms with van der Waals surface area (Å²) in [7, 11) is -1.50. The number of benzene rings is 1.